The average molecular weight is 241 g/mol. The zero-order chi connectivity index (χ0) is 11.5. The Bertz CT molecular complexity index is 403. The van der Waals surface area contributed by atoms with E-state index in [0.717, 1.165) is 19.4 Å². The van der Waals surface area contributed by atoms with Gasteiger partial charge in [-0.25, -0.2) is 4.98 Å². The van der Waals surface area contributed by atoms with Crippen LogP contribution >= 0.6 is 11.6 Å². The van der Waals surface area contributed by atoms with Crippen molar-refractivity contribution in [3.05, 3.63) is 22.8 Å². The van der Waals surface area contributed by atoms with Crippen molar-refractivity contribution in [2.75, 3.05) is 12.3 Å². The van der Waals surface area contributed by atoms with Crippen molar-refractivity contribution in [3.8, 4) is 0 Å². The first kappa shape index (κ1) is 11.4. The molecule has 2 rings (SSSR count). The number of nitrogens with two attached hydrogens (primary N) is 1. The number of Topliss-reactive ketones (excluding diaryl/α,β-unsaturated/α-hetero) is 1. The van der Waals surface area contributed by atoms with Crippen molar-refractivity contribution in [1.82, 2.24) is 4.98 Å². The van der Waals surface area contributed by atoms with Gasteiger partial charge >= 0.3 is 0 Å². The molecule has 0 amide bonds. The topological polar surface area (TPSA) is 65.2 Å². The molecule has 16 heavy (non-hydrogen) atoms. The summed E-state index contributed by atoms with van der Waals surface area (Å²) in [6, 6.07) is 1.56. The summed E-state index contributed by atoms with van der Waals surface area (Å²) < 4.78 is 5.40. The van der Waals surface area contributed by atoms with E-state index in [0.29, 0.717) is 17.0 Å². The van der Waals surface area contributed by atoms with Crippen molar-refractivity contribution in [1.29, 1.82) is 0 Å². The Morgan fingerprint density at radius 1 is 1.69 bits per heavy atom. The van der Waals surface area contributed by atoms with Gasteiger partial charge in [0, 0.05) is 19.2 Å². The molecule has 1 aromatic heterocycles. The Kier molecular flexibility index (Phi) is 3.41. The van der Waals surface area contributed by atoms with Gasteiger partial charge in [-0.15, -0.1) is 0 Å². The van der Waals surface area contributed by atoms with E-state index in [9.17, 15) is 4.79 Å². The van der Waals surface area contributed by atoms with Crippen LogP contribution in [0.2, 0.25) is 5.02 Å². The van der Waals surface area contributed by atoms with E-state index in [1.54, 1.807) is 6.07 Å². The van der Waals surface area contributed by atoms with E-state index in [4.69, 9.17) is 22.1 Å². The molecule has 1 aromatic rings. The van der Waals surface area contributed by atoms with Gasteiger partial charge in [0.15, 0.2) is 5.78 Å². The zero-order valence-electron chi connectivity index (χ0n) is 8.78. The molecule has 4 nitrogen and oxygen atoms in total. The summed E-state index contributed by atoms with van der Waals surface area (Å²) in [6.45, 7) is 0.737. The fraction of sp³-hybridized carbons (Fsp3) is 0.455. The molecule has 5 heteroatoms. The molecule has 1 saturated heterocycles. The minimum atomic E-state index is -0.0561. The number of pyridine rings is 1. The SMILES string of the molecule is Nc1ncc(Cl)cc1C(=O)CC1CCCO1. The largest absolute Gasteiger partial charge is 0.383 e. The molecule has 86 valence electrons. The van der Waals surface area contributed by atoms with E-state index >= 15 is 0 Å². The van der Waals surface area contributed by atoms with Crippen LogP contribution in [0.5, 0.6) is 0 Å². The second-order valence-electron chi connectivity index (χ2n) is 3.85. The number of carbonyl (C=O) groups excluding carboxylic acids is 1. The highest BCUT2D eigenvalue weighted by Crippen LogP contribution is 2.21. The Morgan fingerprint density at radius 2 is 2.50 bits per heavy atom. The molecule has 2 N–H and O–H groups in total. The Morgan fingerprint density at radius 3 is 3.19 bits per heavy atom. The van der Waals surface area contributed by atoms with Gasteiger partial charge < -0.3 is 10.5 Å². The molecule has 1 aliphatic heterocycles. The molecular weight excluding hydrogens is 228 g/mol. The van der Waals surface area contributed by atoms with Crippen LogP contribution in [0.1, 0.15) is 29.6 Å². The van der Waals surface area contributed by atoms with Crippen molar-refractivity contribution in [2.24, 2.45) is 0 Å². The number of rotatable bonds is 3. The summed E-state index contributed by atoms with van der Waals surface area (Å²) in [5.41, 5.74) is 6.02. The Hall–Kier alpha value is -1.13. The lowest BCUT2D eigenvalue weighted by Gasteiger charge is -2.09. The third kappa shape index (κ3) is 2.51. The zero-order valence-corrected chi connectivity index (χ0v) is 9.54. The number of nitrogens with zero attached hydrogens (tertiary/aromatic N) is 1. The third-order valence-electron chi connectivity index (χ3n) is 2.62. The summed E-state index contributed by atoms with van der Waals surface area (Å²) in [6.07, 6.45) is 3.75. The van der Waals surface area contributed by atoms with Crippen LogP contribution in [0, 0.1) is 0 Å². The lowest BCUT2D eigenvalue weighted by Crippen LogP contribution is -2.14. The lowest BCUT2D eigenvalue weighted by molar-refractivity contribution is 0.0776. The van der Waals surface area contributed by atoms with Gasteiger partial charge in [0.05, 0.1) is 16.7 Å². The van der Waals surface area contributed by atoms with Crippen LogP contribution in [0.3, 0.4) is 0 Å². The molecule has 1 atom stereocenters. The van der Waals surface area contributed by atoms with E-state index in [1.807, 2.05) is 0 Å². The molecule has 2 heterocycles. The summed E-state index contributed by atoms with van der Waals surface area (Å²) in [7, 11) is 0. The summed E-state index contributed by atoms with van der Waals surface area (Å²) in [5, 5.41) is 0.421. The maximum Gasteiger partial charge on any atom is 0.169 e. The van der Waals surface area contributed by atoms with Crippen molar-refractivity contribution < 1.29 is 9.53 Å². The number of aromatic nitrogens is 1. The van der Waals surface area contributed by atoms with Crippen LogP contribution in [-0.2, 0) is 4.74 Å². The smallest absolute Gasteiger partial charge is 0.169 e. The fourth-order valence-corrected chi connectivity index (χ4v) is 1.95. The monoisotopic (exact) mass is 240 g/mol. The number of hydrogen-bond acceptors (Lipinski definition) is 4. The summed E-state index contributed by atoms with van der Waals surface area (Å²) >= 11 is 5.78. The molecule has 1 aliphatic rings. The number of anilines is 1. The first-order chi connectivity index (χ1) is 7.66. The van der Waals surface area contributed by atoms with Gasteiger partial charge in [0.1, 0.15) is 5.82 Å². The summed E-state index contributed by atoms with van der Waals surface area (Å²) in [4.78, 5) is 15.8. The molecule has 0 radical (unpaired) electrons. The van der Waals surface area contributed by atoms with Crippen LogP contribution in [0.25, 0.3) is 0 Å². The van der Waals surface area contributed by atoms with E-state index < -0.39 is 0 Å². The van der Waals surface area contributed by atoms with Gasteiger partial charge in [-0.1, -0.05) is 11.6 Å². The van der Waals surface area contributed by atoms with Crippen LogP contribution in [0.4, 0.5) is 5.82 Å². The molecule has 0 aliphatic carbocycles. The maximum absolute atomic E-state index is 11.9. The van der Waals surface area contributed by atoms with Gasteiger partial charge in [-0.2, -0.15) is 0 Å². The minimum Gasteiger partial charge on any atom is -0.383 e. The first-order valence-electron chi connectivity index (χ1n) is 5.22. The average Bonchev–Trinajstić information content (AvgIpc) is 2.74. The lowest BCUT2D eigenvalue weighted by atomic mass is 10.0. The van der Waals surface area contributed by atoms with E-state index in [-0.39, 0.29) is 17.7 Å². The van der Waals surface area contributed by atoms with Gasteiger partial charge in [-0.05, 0) is 18.9 Å². The number of nitrogen functional groups attached to an aromatic ring is 1. The van der Waals surface area contributed by atoms with E-state index in [2.05, 4.69) is 4.98 Å². The highest BCUT2D eigenvalue weighted by molar-refractivity contribution is 6.31. The Labute approximate surface area is 98.8 Å². The van der Waals surface area contributed by atoms with Crippen LogP contribution < -0.4 is 5.73 Å². The minimum absolute atomic E-state index is 0.0193. The number of ketones is 1. The molecule has 0 spiro atoms. The van der Waals surface area contributed by atoms with Gasteiger partial charge in [0.2, 0.25) is 0 Å². The number of hydrogen-bond donors (Lipinski definition) is 1. The predicted octanol–water partition coefficient (Wildman–Crippen LogP) is 2.07. The standard InChI is InChI=1S/C11H13ClN2O2/c12-7-4-9(11(13)14-6-7)10(15)5-8-2-1-3-16-8/h4,6,8H,1-3,5H2,(H2,13,14). The molecule has 0 aromatic carbocycles. The second kappa shape index (κ2) is 4.80. The first-order valence-corrected chi connectivity index (χ1v) is 5.60. The molecular formula is C11H13ClN2O2. The van der Waals surface area contributed by atoms with Crippen molar-refractivity contribution >= 4 is 23.2 Å². The summed E-state index contributed by atoms with van der Waals surface area (Å²) in [5.74, 6) is 0.173. The number of carbonyl (C=O) groups is 1. The molecule has 0 bridgehead atoms. The number of ether oxygens (including phenoxy) is 1. The number of halogens is 1. The highest BCUT2D eigenvalue weighted by Gasteiger charge is 2.21. The van der Waals surface area contributed by atoms with Gasteiger partial charge in [0.25, 0.3) is 0 Å². The van der Waals surface area contributed by atoms with Crippen molar-refractivity contribution in [3.63, 3.8) is 0 Å². The van der Waals surface area contributed by atoms with Gasteiger partial charge in [-0.3, -0.25) is 4.79 Å². The van der Waals surface area contributed by atoms with E-state index in [1.165, 1.54) is 6.20 Å². The third-order valence-corrected chi connectivity index (χ3v) is 2.83. The maximum atomic E-state index is 11.9. The molecule has 0 saturated carbocycles. The Balaban J connectivity index is 2.10. The van der Waals surface area contributed by atoms with Crippen LogP contribution in [-0.4, -0.2) is 23.5 Å². The predicted molar refractivity (Wildman–Crippen MR) is 61.6 cm³/mol. The fourth-order valence-electron chi connectivity index (χ4n) is 1.80. The second-order valence-corrected chi connectivity index (χ2v) is 4.29. The quantitative estimate of drug-likeness (QED) is 0.822. The normalized spacial score (nSPS) is 19.9. The van der Waals surface area contributed by atoms with Crippen LogP contribution in [0.15, 0.2) is 12.3 Å². The molecule has 1 fully saturated rings. The highest BCUT2D eigenvalue weighted by atomic mass is 35.5. The van der Waals surface area contributed by atoms with Crippen molar-refractivity contribution in [2.45, 2.75) is 25.4 Å². The molecule has 1 unspecified atom stereocenters.